The van der Waals surface area contributed by atoms with Gasteiger partial charge >= 0.3 is 0 Å². The fourth-order valence-corrected chi connectivity index (χ4v) is 5.72. The average Bonchev–Trinajstić information content (AvgIpc) is 2.64. The second kappa shape index (κ2) is 11.8. The first-order valence-corrected chi connectivity index (χ1v) is 11.6. The number of guanidine groups is 1. The molecule has 1 aromatic carbocycles. The second-order valence-corrected chi connectivity index (χ2v) is 10.4. The van der Waals surface area contributed by atoms with Crippen molar-refractivity contribution in [2.24, 2.45) is 4.99 Å². The molecular weight excluding hydrogens is 537 g/mol. The lowest BCUT2D eigenvalue weighted by atomic mass is 9.84. The maximum absolute atomic E-state index is 12.1. The predicted octanol–water partition coefficient (Wildman–Crippen LogP) is 4.59. The van der Waals surface area contributed by atoms with Crippen LogP contribution in [0.5, 0.6) is 0 Å². The lowest BCUT2D eigenvalue weighted by Gasteiger charge is -2.32. The molecule has 0 aliphatic heterocycles. The van der Waals surface area contributed by atoms with E-state index in [0.717, 1.165) is 48.4 Å². The number of nitrogens with one attached hydrogen (secondary N) is 2. The third kappa shape index (κ3) is 7.31. The van der Waals surface area contributed by atoms with Crippen molar-refractivity contribution < 1.29 is 4.21 Å². The molecule has 0 bridgehead atoms. The number of aliphatic imine (C=N–C) groups is 1. The van der Waals surface area contributed by atoms with Crippen molar-refractivity contribution in [1.82, 2.24) is 10.6 Å². The van der Waals surface area contributed by atoms with Crippen LogP contribution in [-0.4, -0.2) is 40.8 Å². The summed E-state index contributed by atoms with van der Waals surface area (Å²) in [6.45, 7) is 7.26. The number of halogens is 2. The van der Waals surface area contributed by atoms with Gasteiger partial charge in [0.15, 0.2) is 5.96 Å². The first-order chi connectivity index (χ1) is 12.4. The Kier molecular flexibility index (Phi) is 10.8. The summed E-state index contributed by atoms with van der Waals surface area (Å²) >= 11 is 3.66. The molecule has 1 saturated carbocycles. The van der Waals surface area contributed by atoms with Gasteiger partial charge < -0.3 is 10.6 Å². The van der Waals surface area contributed by atoms with Crippen molar-refractivity contribution in [2.45, 2.75) is 63.2 Å². The Balaban J connectivity index is 0.00000364. The molecule has 0 saturated heterocycles. The van der Waals surface area contributed by atoms with Crippen molar-refractivity contribution in [2.75, 3.05) is 19.3 Å². The van der Waals surface area contributed by atoms with Gasteiger partial charge in [-0.3, -0.25) is 9.20 Å². The third-order valence-electron chi connectivity index (χ3n) is 5.15. The smallest absolute Gasteiger partial charge is 0.191 e. The molecule has 2 rings (SSSR count). The highest BCUT2D eigenvalue weighted by atomic mass is 127. The van der Waals surface area contributed by atoms with Gasteiger partial charge in [-0.2, -0.15) is 0 Å². The van der Waals surface area contributed by atoms with E-state index in [-0.39, 0.29) is 29.4 Å². The van der Waals surface area contributed by atoms with Gasteiger partial charge in [0, 0.05) is 51.3 Å². The van der Waals surface area contributed by atoms with E-state index in [1.54, 1.807) is 0 Å². The molecule has 1 aliphatic rings. The molecule has 0 amide bonds. The van der Waals surface area contributed by atoms with Crippen LogP contribution in [0.25, 0.3) is 0 Å². The van der Waals surface area contributed by atoms with Crippen molar-refractivity contribution in [1.29, 1.82) is 0 Å². The molecule has 0 heterocycles. The lowest BCUT2D eigenvalue weighted by Crippen LogP contribution is -2.49. The Morgan fingerprint density at radius 3 is 2.67 bits per heavy atom. The number of nitrogens with zero attached hydrogens (tertiary/aromatic N) is 1. The van der Waals surface area contributed by atoms with Crippen molar-refractivity contribution in [3.63, 3.8) is 0 Å². The first-order valence-electron chi connectivity index (χ1n) is 9.46. The molecular formula is C20H33BrIN3OS. The molecule has 0 radical (unpaired) electrons. The van der Waals surface area contributed by atoms with Gasteiger partial charge in [-0.1, -0.05) is 61.3 Å². The Hall–Kier alpha value is -0.150. The van der Waals surface area contributed by atoms with Gasteiger partial charge in [0.05, 0.1) is 0 Å². The second-order valence-electron chi connectivity index (χ2n) is 7.59. The highest BCUT2D eigenvalue weighted by Gasteiger charge is 2.27. The summed E-state index contributed by atoms with van der Waals surface area (Å²) in [5.41, 5.74) is 1.25. The summed E-state index contributed by atoms with van der Waals surface area (Å²) in [6, 6.07) is 8.71. The minimum atomic E-state index is -0.702. The summed E-state index contributed by atoms with van der Waals surface area (Å²) in [5.74, 6) is 1.59. The topological polar surface area (TPSA) is 53.5 Å². The highest BCUT2D eigenvalue weighted by molar-refractivity contribution is 14.0. The SMILES string of the molecule is CCS(=O)C1CCCC(NC(=NC)NCC(C)(C)c2ccccc2Br)C1.I. The minimum Gasteiger partial charge on any atom is -0.356 e. The molecule has 7 heteroatoms. The van der Waals surface area contributed by atoms with E-state index in [9.17, 15) is 4.21 Å². The summed E-state index contributed by atoms with van der Waals surface area (Å²) in [5, 5.41) is 7.35. The summed E-state index contributed by atoms with van der Waals surface area (Å²) in [4.78, 5) is 4.40. The maximum atomic E-state index is 12.1. The maximum Gasteiger partial charge on any atom is 0.191 e. The zero-order valence-corrected chi connectivity index (χ0v) is 21.5. The van der Waals surface area contributed by atoms with Crippen LogP contribution in [-0.2, 0) is 16.2 Å². The van der Waals surface area contributed by atoms with E-state index >= 15 is 0 Å². The lowest BCUT2D eigenvalue weighted by molar-refractivity contribution is 0.410. The molecule has 1 fully saturated rings. The van der Waals surface area contributed by atoms with Crippen molar-refractivity contribution in [3.05, 3.63) is 34.3 Å². The van der Waals surface area contributed by atoms with E-state index in [1.165, 1.54) is 5.56 Å². The van der Waals surface area contributed by atoms with Crippen LogP contribution < -0.4 is 10.6 Å². The summed E-state index contributed by atoms with van der Waals surface area (Å²) in [6.07, 6.45) is 4.30. The third-order valence-corrected chi connectivity index (χ3v) is 7.58. The van der Waals surface area contributed by atoms with E-state index in [1.807, 2.05) is 20.0 Å². The largest absolute Gasteiger partial charge is 0.356 e. The van der Waals surface area contributed by atoms with Gasteiger partial charge in [0.1, 0.15) is 0 Å². The van der Waals surface area contributed by atoms with Crippen LogP contribution in [0.3, 0.4) is 0 Å². The predicted molar refractivity (Wildman–Crippen MR) is 132 cm³/mol. The van der Waals surface area contributed by atoms with E-state index in [4.69, 9.17) is 0 Å². The number of hydrogen-bond donors (Lipinski definition) is 2. The van der Waals surface area contributed by atoms with Crippen LogP contribution in [0, 0.1) is 0 Å². The molecule has 1 aliphatic carbocycles. The van der Waals surface area contributed by atoms with Crippen molar-refractivity contribution in [3.8, 4) is 0 Å². The van der Waals surface area contributed by atoms with Crippen LogP contribution in [0.1, 0.15) is 52.0 Å². The molecule has 0 spiro atoms. The van der Waals surface area contributed by atoms with Crippen LogP contribution in [0.4, 0.5) is 0 Å². The highest BCUT2D eigenvalue weighted by Crippen LogP contribution is 2.29. The molecule has 1 aromatic rings. The van der Waals surface area contributed by atoms with Crippen LogP contribution in [0.15, 0.2) is 33.7 Å². The van der Waals surface area contributed by atoms with Crippen LogP contribution >= 0.6 is 39.9 Å². The zero-order chi connectivity index (χ0) is 19.2. The molecule has 3 unspecified atom stereocenters. The zero-order valence-electron chi connectivity index (χ0n) is 16.8. The standard InChI is InChI=1S/C20H32BrN3OS.HI/c1-5-26(25)16-10-8-9-15(13-16)24-19(22-4)23-14-20(2,3)17-11-6-7-12-18(17)21;/h6-7,11-12,15-16H,5,8-10,13-14H2,1-4H3,(H2,22,23,24);1H. The Morgan fingerprint density at radius 2 is 2.04 bits per heavy atom. The first kappa shape index (κ1) is 24.9. The van der Waals surface area contributed by atoms with Crippen molar-refractivity contribution >= 4 is 56.7 Å². The van der Waals surface area contributed by atoms with E-state index in [0.29, 0.717) is 11.3 Å². The molecule has 3 atom stereocenters. The van der Waals surface area contributed by atoms with Gasteiger partial charge in [0.25, 0.3) is 0 Å². The normalized spacial score (nSPS) is 21.9. The van der Waals surface area contributed by atoms with Gasteiger partial charge in [-0.15, -0.1) is 24.0 Å². The number of hydrogen-bond acceptors (Lipinski definition) is 2. The molecule has 27 heavy (non-hydrogen) atoms. The van der Waals surface area contributed by atoms with Gasteiger partial charge in [0.2, 0.25) is 0 Å². The average molecular weight is 570 g/mol. The monoisotopic (exact) mass is 569 g/mol. The molecule has 0 aromatic heterocycles. The number of benzene rings is 1. The molecule has 154 valence electrons. The number of rotatable bonds is 6. The van der Waals surface area contributed by atoms with E-state index in [2.05, 4.69) is 63.6 Å². The quantitative estimate of drug-likeness (QED) is 0.299. The fourth-order valence-electron chi connectivity index (χ4n) is 3.55. The Morgan fingerprint density at radius 1 is 1.33 bits per heavy atom. The fraction of sp³-hybridized carbons (Fsp3) is 0.650. The summed E-state index contributed by atoms with van der Waals surface area (Å²) in [7, 11) is 1.11. The molecule has 2 N–H and O–H groups in total. The van der Waals surface area contributed by atoms with Gasteiger partial charge in [-0.05, 0) is 30.9 Å². The molecule has 4 nitrogen and oxygen atoms in total. The minimum absolute atomic E-state index is 0. The Bertz CT molecular complexity index is 654. The van der Waals surface area contributed by atoms with Gasteiger partial charge in [-0.25, -0.2) is 0 Å². The summed E-state index contributed by atoms with van der Waals surface area (Å²) < 4.78 is 13.3. The van der Waals surface area contributed by atoms with E-state index < -0.39 is 10.8 Å². The Labute approximate surface area is 192 Å². The van der Waals surface area contributed by atoms with Crippen LogP contribution in [0.2, 0.25) is 0 Å².